The van der Waals surface area contributed by atoms with Crippen molar-refractivity contribution in [3.8, 4) is 0 Å². The van der Waals surface area contributed by atoms with Crippen molar-refractivity contribution in [2.75, 3.05) is 11.8 Å². The molecule has 0 spiro atoms. The van der Waals surface area contributed by atoms with Gasteiger partial charge in [0.25, 0.3) is 0 Å². The zero-order chi connectivity index (χ0) is 14.2. The van der Waals surface area contributed by atoms with Gasteiger partial charge in [0.15, 0.2) is 0 Å². The van der Waals surface area contributed by atoms with Crippen LogP contribution in [0, 0.1) is 6.92 Å². The fourth-order valence-corrected chi connectivity index (χ4v) is 3.51. The maximum Gasteiger partial charge on any atom is 0.340 e. The third kappa shape index (κ3) is 3.01. The SMILES string of the molecule is COC(=O)c1cc(Cl)cc(C)c1NS(=O)(=O)C1CC1. The van der Waals surface area contributed by atoms with E-state index in [1.54, 1.807) is 13.0 Å². The van der Waals surface area contributed by atoms with Gasteiger partial charge in [0.2, 0.25) is 10.0 Å². The van der Waals surface area contributed by atoms with Gasteiger partial charge in [0, 0.05) is 5.02 Å². The van der Waals surface area contributed by atoms with Crippen molar-refractivity contribution in [3.05, 3.63) is 28.3 Å². The van der Waals surface area contributed by atoms with Gasteiger partial charge in [-0.25, -0.2) is 13.2 Å². The van der Waals surface area contributed by atoms with Crippen molar-refractivity contribution in [1.29, 1.82) is 0 Å². The number of methoxy groups -OCH3 is 1. The minimum Gasteiger partial charge on any atom is -0.465 e. The predicted molar refractivity (Wildman–Crippen MR) is 73.1 cm³/mol. The van der Waals surface area contributed by atoms with Crippen LogP contribution in [0.2, 0.25) is 5.02 Å². The third-order valence-corrected chi connectivity index (χ3v) is 4.97. The summed E-state index contributed by atoms with van der Waals surface area (Å²) in [6.07, 6.45) is 1.30. The lowest BCUT2D eigenvalue weighted by Crippen LogP contribution is -2.20. The van der Waals surface area contributed by atoms with Gasteiger partial charge in [0.1, 0.15) is 0 Å². The number of benzene rings is 1. The van der Waals surface area contributed by atoms with Crippen LogP contribution in [-0.2, 0) is 14.8 Å². The first-order chi connectivity index (χ1) is 8.85. The summed E-state index contributed by atoms with van der Waals surface area (Å²) in [5.74, 6) is -0.626. The van der Waals surface area contributed by atoms with E-state index < -0.39 is 16.0 Å². The van der Waals surface area contributed by atoms with Crippen LogP contribution in [0.15, 0.2) is 12.1 Å². The quantitative estimate of drug-likeness (QED) is 0.867. The van der Waals surface area contributed by atoms with Crippen molar-refractivity contribution < 1.29 is 17.9 Å². The van der Waals surface area contributed by atoms with Gasteiger partial charge < -0.3 is 4.74 Å². The van der Waals surface area contributed by atoms with E-state index in [0.717, 1.165) is 0 Å². The molecule has 5 nitrogen and oxygen atoms in total. The van der Waals surface area contributed by atoms with Gasteiger partial charge in [-0.2, -0.15) is 0 Å². The van der Waals surface area contributed by atoms with Crippen molar-refractivity contribution in [3.63, 3.8) is 0 Å². The number of hydrogen-bond acceptors (Lipinski definition) is 4. The molecule has 0 aliphatic heterocycles. The summed E-state index contributed by atoms with van der Waals surface area (Å²) in [4.78, 5) is 11.7. The highest BCUT2D eigenvalue weighted by Crippen LogP contribution is 2.33. The summed E-state index contributed by atoms with van der Waals surface area (Å²) in [5.41, 5.74) is 0.942. The molecule has 1 fully saturated rings. The molecular formula is C12H14ClNO4S. The Bertz CT molecular complexity index is 623. The number of esters is 1. The van der Waals surface area contributed by atoms with Crippen LogP contribution in [0.3, 0.4) is 0 Å². The van der Waals surface area contributed by atoms with Gasteiger partial charge in [-0.15, -0.1) is 0 Å². The molecular weight excluding hydrogens is 290 g/mol. The van der Waals surface area contributed by atoms with Crippen LogP contribution < -0.4 is 4.72 Å². The summed E-state index contributed by atoms with van der Waals surface area (Å²) < 4.78 is 31.1. The molecule has 2 rings (SSSR count). The Morgan fingerprint density at radius 2 is 2.05 bits per heavy atom. The molecule has 1 aliphatic carbocycles. The van der Waals surface area contributed by atoms with E-state index in [1.165, 1.54) is 13.2 Å². The molecule has 0 bridgehead atoms. The van der Waals surface area contributed by atoms with Gasteiger partial charge >= 0.3 is 5.97 Å². The highest BCUT2D eigenvalue weighted by atomic mass is 35.5. The number of aryl methyl sites for hydroxylation is 1. The second-order valence-corrected chi connectivity index (χ2v) is 6.88. The number of rotatable bonds is 4. The smallest absolute Gasteiger partial charge is 0.340 e. The Hall–Kier alpha value is -1.27. The monoisotopic (exact) mass is 303 g/mol. The summed E-state index contributed by atoms with van der Waals surface area (Å²) in [6.45, 7) is 1.68. The number of ether oxygens (including phenoxy) is 1. The largest absolute Gasteiger partial charge is 0.465 e. The fourth-order valence-electron chi connectivity index (χ4n) is 1.75. The van der Waals surface area contributed by atoms with E-state index >= 15 is 0 Å². The number of carbonyl (C=O) groups excluding carboxylic acids is 1. The molecule has 1 N–H and O–H groups in total. The molecule has 1 aromatic rings. The molecule has 0 saturated heterocycles. The average molecular weight is 304 g/mol. The molecule has 1 saturated carbocycles. The highest BCUT2D eigenvalue weighted by molar-refractivity contribution is 7.93. The first kappa shape index (κ1) is 14.1. The summed E-state index contributed by atoms with van der Waals surface area (Å²) >= 11 is 5.88. The number of halogens is 1. The number of carbonyl (C=O) groups is 1. The molecule has 7 heteroatoms. The molecule has 0 aromatic heterocycles. The first-order valence-corrected chi connectivity index (χ1v) is 7.67. The second-order valence-electron chi connectivity index (χ2n) is 4.48. The first-order valence-electron chi connectivity index (χ1n) is 5.75. The standard InChI is InChI=1S/C12H14ClNO4S/c1-7-5-8(13)6-10(12(15)18-2)11(7)14-19(16,17)9-3-4-9/h5-6,9,14H,3-4H2,1-2H3. The van der Waals surface area contributed by atoms with Gasteiger partial charge in [-0.05, 0) is 37.5 Å². The summed E-state index contributed by atoms with van der Waals surface area (Å²) in [5, 5.41) is -0.0136. The predicted octanol–water partition coefficient (Wildman–Crippen LogP) is 2.34. The van der Waals surface area contributed by atoms with E-state index in [2.05, 4.69) is 9.46 Å². The molecule has 0 atom stereocenters. The number of anilines is 1. The fraction of sp³-hybridized carbons (Fsp3) is 0.417. The van der Waals surface area contributed by atoms with Crippen molar-refractivity contribution in [2.24, 2.45) is 0 Å². The molecule has 0 amide bonds. The number of sulfonamides is 1. The van der Waals surface area contributed by atoms with Crippen LogP contribution in [0.4, 0.5) is 5.69 Å². The Kier molecular flexibility index (Phi) is 3.73. The van der Waals surface area contributed by atoms with E-state index in [0.29, 0.717) is 23.4 Å². The maximum absolute atomic E-state index is 12.0. The van der Waals surface area contributed by atoms with E-state index in [-0.39, 0.29) is 16.5 Å². The van der Waals surface area contributed by atoms with Crippen LogP contribution in [0.25, 0.3) is 0 Å². The molecule has 0 unspecified atom stereocenters. The van der Waals surface area contributed by atoms with Crippen LogP contribution in [0.5, 0.6) is 0 Å². The number of nitrogens with one attached hydrogen (secondary N) is 1. The van der Waals surface area contributed by atoms with Crippen molar-refractivity contribution in [1.82, 2.24) is 0 Å². The van der Waals surface area contributed by atoms with Crippen LogP contribution >= 0.6 is 11.6 Å². The zero-order valence-corrected chi connectivity index (χ0v) is 12.1. The molecule has 104 valence electrons. The molecule has 19 heavy (non-hydrogen) atoms. The average Bonchev–Trinajstić information content (AvgIpc) is 3.15. The molecule has 1 aromatic carbocycles. The molecule has 0 heterocycles. The van der Waals surface area contributed by atoms with E-state index in [4.69, 9.17) is 11.6 Å². The lowest BCUT2D eigenvalue weighted by atomic mass is 10.1. The number of hydrogen-bond donors (Lipinski definition) is 1. The van der Waals surface area contributed by atoms with E-state index in [1.807, 2.05) is 0 Å². The Labute approximate surface area is 117 Å². The van der Waals surface area contributed by atoms with Gasteiger partial charge in [-0.1, -0.05) is 11.6 Å². The summed E-state index contributed by atoms with van der Waals surface area (Å²) in [6, 6.07) is 2.99. The van der Waals surface area contributed by atoms with Gasteiger partial charge in [0.05, 0.1) is 23.6 Å². The topological polar surface area (TPSA) is 72.5 Å². The third-order valence-electron chi connectivity index (χ3n) is 2.91. The summed E-state index contributed by atoms with van der Waals surface area (Å²) in [7, 11) is -2.21. The lowest BCUT2D eigenvalue weighted by molar-refractivity contribution is 0.0602. The highest BCUT2D eigenvalue weighted by Gasteiger charge is 2.36. The van der Waals surface area contributed by atoms with Crippen LogP contribution in [-0.4, -0.2) is 26.7 Å². The molecule has 0 radical (unpaired) electrons. The zero-order valence-electron chi connectivity index (χ0n) is 10.6. The lowest BCUT2D eigenvalue weighted by Gasteiger charge is -2.14. The van der Waals surface area contributed by atoms with Crippen molar-refractivity contribution >= 4 is 33.3 Å². The Balaban J connectivity index is 2.46. The minimum absolute atomic E-state index is 0.122. The molecule has 1 aliphatic rings. The Morgan fingerprint density at radius 3 is 2.58 bits per heavy atom. The maximum atomic E-state index is 12.0. The van der Waals surface area contributed by atoms with Crippen molar-refractivity contribution in [2.45, 2.75) is 25.0 Å². The Morgan fingerprint density at radius 1 is 1.42 bits per heavy atom. The van der Waals surface area contributed by atoms with Gasteiger partial charge in [-0.3, -0.25) is 4.72 Å². The second kappa shape index (κ2) is 5.02. The normalized spacial score (nSPS) is 15.1. The van der Waals surface area contributed by atoms with Crippen LogP contribution in [0.1, 0.15) is 28.8 Å². The minimum atomic E-state index is -3.44. The van der Waals surface area contributed by atoms with E-state index in [9.17, 15) is 13.2 Å².